The highest BCUT2D eigenvalue weighted by Crippen LogP contribution is 2.28. The standard InChI is InChI=1S/C10H17F6N3/c11-9(12,13)7-18-3-5-19(6-4-18)8(1-2-17)10(14,15)16/h8H,1-7,17H2. The van der Waals surface area contributed by atoms with E-state index < -0.39 is 24.9 Å². The molecule has 1 saturated heterocycles. The molecule has 0 bridgehead atoms. The van der Waals surface area contributed by atoms with Gasteiger partial charge >= 0.3 is 12.4 Å². The van der Waals surface area contributed by atoms with Crippen molar-refractivity contribution < 1.29 is 26.3 Å². The van der Waals surface area contributed by atoms with Gasteiger partial charge in [-0.05, 0) is 13.0 Å². The van der Waals surface area contributed by atoms with Crippen LogP contribution in [0.1, 0.15) is 6.42 Å². The van der Waals surface area contributed by atoms with Crippen LogP contribution in [0.5, 0.6) is 0 Å². The maximum Gasteiger partial charge on any atom is 0.404 e. The molecule has 1 heterocycles. The topological polar surface area (TPSA) is 32.5 Å². The van der Waals surface area contributed by atoms with Crippen molar-refractivity contribution in [2.75, 3.05) is 39.3 Å². The average Bonchev–Trinajstić information content (AvgIpc) is 2.23. The molecule has 1 atom stereocenters. The van der Waals surface area contributed by atoms with Gasteiger partial charge in [-0.15, -0.1) is 0 Å². The highest BCUT2D eigenvalue weighted by Gasteiger charge is 2.44. The van der Waals surface area contributed by atoms with E-state index in [1.807, 2.05) is 0 Å². The van der Waals surface area contributed by atoms with Crippen LogP contribution in [0, 0.1) is 0 Å². The van der Waals surface area contributed by atoms with Crippen LogP contribution in [-0.4, -0.2) is 67.5 Å². The first-order valence-corrected chi connectivity index (χ1v) is 5.93. The fraction of sp³-hybridized carbons (Fsp3) is 1.00. The first kappa shape index (κ1) is 16.5. The lowest BCUT2D eigenvalue weighted by molar-refractivity contribution is -0.193. The predicted molar refractivity (Wildman–Crippen MR) is 57.6 cm³/mol. The molecule has 0 aromatic rings. The smallest absolute Gasteiger partial charge is 0.330 e. The van der Waals surface area contributed by atoms with E-state index >= 15 is 0 Å². The summed E-state index contributed by atoms with van der Waals surface area (Å²) < 4.78 is 74.8. The van der Waals surface area contributed by atoms with Crippen LogP contribution in [0.15, 0.2) is 0 Å². The van der Waals surface area contributed by atoms with Gasteiger partial charge in [0.1, 0.15) is 6.04 Å². The molecule has 0 amide bonds. The quantitative estimate of drug-likeness (QED) is 0.796. The molecule has 1 fully saturated rings. The lowest BCUT2D eigenvalue weighted by Gasteiger charge is -2.39. The van der Waals surface area contributed by atoms with E-state index in [1.165, 1.54) is 4.90 Å². The number of hydrogen-bond acceptors (Lipinski definition) is 3. The maximum absolute atomic E-state index is 12.8. The van der Waals surface area contributed by atoms with E-state index in [-0.39, 0.29) is 39.1 Å². The second-order valence-electron chi connectivity index (χ2n) is 4.56. The Morgan fingerprint density at radius 2 is 1.47 bits per heavy atom. The molecule has 1 aliphatic rings. The van der Waals surface area contributed by atoms with Crippen molar-refractivity contribution in [2.45, 2.75) is 24.8 Å². The third-order valence-electron chi connectivity index (χ3n) is 3.07. The highest BCUT2D eigenvalue weighted by atomic mass is 19.4. The largest absolute Gasteiger partial charge is 0.404 e. The molecule has 1 rings (SSSR count). The second-order valence-corrected chi connectivity index (χ2v) is 4.56. The summed E-state index contributed by atoms with van der Waals surface area (Å²) in [5.74, 6) is 0. The maximum atomic E-state index is 12.8. The third kappa shape index (κ3) is 5.53. The molecule has 0 radical (unpaired) electrons. The Morgan fingerprint density at radius 3 is 1.84 bits per heavy atom. The lowest BCUT2D eigenvalue weighted by atomic mass is 10.1. The van der Waals surface area contributed by atoms with Gasteiger partial charge in [0.25, 0.3) is 0 Å². The number of nitrogens with two attached hydrogens (primary N) is 1. The van der Waals surface area contributed by atoms with E-state index in [1.54, 1.807) is 0 Å². The van der Waals surface area contributed by atoms with Crippen LogP contribution in [0.3, 0.4) is 0 Å². The molecule has 9 heteroatoms. The van der Waals surface area contributed by atoms with Gasteiger partial charge in [-0.3, -0.25) is 9.80 Å². The predicted octanol–water partition coefficient (Wildman–Crippen LogP) is 1.45. The summed E-state index contributed by atoms with van der Waals surface area (Å²) in [5.41, 5.74) is 5.16. The zero-order valence-corrected chi connectivity index (χ0v) is 10.3. The van der Waals surface area contributed by atoms with Crippen LogP contribution < -0.4 is 5.73 Å². The molecule has 0 aromatic carbocycles. The molecule has 0 aliphatic carbocycles. The Labute approximate surface area is 107 Å². The fourth-order valence-electron chi connectivity index (χ4n) is 2.20. The van der Waals surface area contributed by atoms with Gasteiger partial charge in [0.15, 0.2) is 0 Å². The van der Waals surface area contributed by atoms with Crippen molar-refractivity contribution in [1.82, 2.24) is 9.80 Å². The summed E-state index contributed by atoms with van der Waals surface area (Å²) in [6.45, 7) is -1.27. The number of hydrogen-bond donors (Lipinski definition) is 1. The summed E-state index contributed by atoms with van der Waals surface area (Å²) in [7, 11) is 0. The molecule has 19 heavy (non-hydrogen) atoms. The number of halogens is 6. The SMILES string of the molecule is NCCC(N1CCN(CC(F)(F)F)CC1)C(F)(F)F. The monoisotopic (exact) mass is 293 g/mol. The Kier molecular flexibility index (Phi) is 5.45. The van der Waals surface area contributed by atoms with E-state index in [0.717, 1.165) is 4.90 Å². The number of nitrogens with zero attached hydrogens (tertiary/aromatic N) is 2. The van der Waals surface area contributed by atoms with Gasteiger partial charge in [-0.2, -0.15) is 26.3 Å². The zero-order chi connectivity index (χ0) is 14.7. The minimum atomic E-state index is -4.40. The summed E-state index contributed by atoms with van der Waals surface area (Å²) in [5, 5.41) is 0. The molecule has 3 nitrogen and oxygen atoms in total. The van der Waals surface area contributed by atoms with Crippen molar-refractivity contribution in [3.8, 4) is 0 Å². The molecule has 0 saturated carbocycles. The normalized spacial score (nSPS) is 21.6. The summed E-state index contributed by atoms with van der Waals surface area (Å²) in [6.07, 6.45) is -8.95. The van der Waals surface area contributed by atoms with Gasteiger partial charge in [0.05, 0.1) is 6.54 Å². The Hall–Kier alpha value is -0.540. The molecule has 2 N–H and O–H groups in total. The van der Waals surface area contributed by atoms with E-state index in [2.05, 4.69) is 0 Å². The van der Waals surface area contributed by atoms with Crippen LogP contribution in [0.2, 0.25) is 0 Å². The Bertz CT molecular complexity index is 269. The molecule has 1 aliphatic heterocycles. The number of rotatable bonds is 4. The lowest BCUT2D eigenvalue weighted by Crippen LogP contribution is -2.56. The average molecular weight is 293 g/mol. The number of piperazine rings is 1. The Balaban J connectivity index is 2.51. The summed E-state index contributed by atoms with van der Waals surface area (Å²) in [6, 6.07) is -1.66. The number of alkyl halides is 6. The van der Waals surface area contributed by atoms with Crippen LogP contribution in [0.4, 0.5) is 26.3 Å². The van der Waals surface area contributed by atoms with E-state index in [9.17, 15) is 26.3 Å². The minimum absolute atomic E-state index is 0.0172. The van der Waals surface area contributed by atoms with Crippen LogP contribution in [0.25, 0.3) is 0 Å². The van der Waals surface area contributed by atoms with Crippen molar-refractivity contribution in [1.29, 1.82) is 0 Å². The van der Waals surface area contributed by atoms with Crippen LogP contribution in [-0.2, 0) is 0 Å². The minimum Gasteiger partial charge on any atom is -0.330 e. The zero-order valence-electron chi connectivity index (χ0n) is 10.3. The van der Waals surface area contributed by atoms with Gasteiger partial charge in [-0.1, -0.05) is 0 Å². The van der Waals surface area contributed by atoms with Crippen molar-refractivity contribution >= 4 is 0 Å². The Morgan fingerprint density at radius 1 is 0.947 bits per heavy atom. The van der Waals surface area contributed by atoms with Crippen molar-refractivity contribution in [2.24, 2.45) is 5.73 Å². The molecule has 1 unspecified atom stereocenters. The molecule has 0 spiro atoms. The first-order chi connectivity index (χ1) is 8.63. The first-order valence-electron chi connectivity index (χ1n) is 5.93. The van der Waals surface area contributed by atoms with Crippen molar-refractivity contribution in [3.05, 3.63) is 0 Å². The fourth-order valence-corrected chi connectivity index (χ4v) is 2.20. The van der Waals surface area contributed by atoms with Gasteiger partial charge in [0.2, 0.25) is 0 Å². The van der Waals surface area contributed by atoms with Gasteiger partial charge in [0, 0.05) is 26.2 Å². The summed E-state index contributed by atoms with van der Waals surface area (Å²) >= 11 is 0. The molecular weight excluding hydrogens is 276 g/mol. The second kappa shape index (κ2) is 6.27. The molecule has 0 aromatic heterocycles. The molecular formula is C10H17F6N3. The third-order valence-corrected chi connectivity index (χ3v) is 3.07. The van der Waals surface area contributed by atoms with Gasteiger partial charge < -0.3 is 5.73 Å². The highest BCUT2D eigenvalue weighted by molar-refractivity contribution is 4.84. The van der Waals surface area contributed by atoms with Crippen molar-refractivity contribution in [3.63, 3.8) is 0 Å². The van der Waals surface area contributed by atoms with Crippen LogP contribution >= 0.6 is 0 Å². The van der Waals surface area contributed by atoms with Gasteiger partial charge in [-0.25, -0.2) is 0 Å². The molecule has 114 valence electrons. The summed E-state index contributed by atoms with van der Waals surface area (Å²) in [4.78, 5) is 2.28. The van der Waals surface area contributed by atoms with E-state index in [4.69, 9.17) is 5.73 Å². The van der Waals surface area contributed by atoms with E-state index in [0.29, 0.717) is 0 Å².